The SMILES string of the molecule is COc1cc(NCCCCC(=O)NCCN2CCCC2)ccc1N. The highest BCUT2D eigenvalue weighted by molar-refractivity contribution is 5.75. The molecule has 0 aliphatic carbocycles. The van der Waals surface area contributed by atoms with Gasteiger partial charge in [-0.3, -0.25) is 4.79 Å². The lowest BCUT2D eigenvalue weighted by molar-refractivity contribution is -0.121. The molecule has 1 amide bonds. The smallest absolute Gasteiger partial charge is 0.220 e. The van der Waals surface area contributed by atoms with Crippen LogP contribution >= 0.6 is 0 Å². The molecule has 1 aromatic rings. The van der Waals surface area contributed by atoms with E-state index in [1.54, 1.807) is 7.11 Å². The van der Waals surface area contributed by atoms with Crippen molar-refractivity contribution in [2.75, 3.05) is 50.9 Å². The molecular weight excluding hydrogens is 304 g/mol. The number of carbonyl (C=O) groups is 1. The van der Waals surface area contributed by atoms with Gasteiger partial charge in [-0.25, -0.2) is 0 Å². The van der Waals surface area contributed by atoms with Crippen LogP contribution < -0.4 is 21.1 Å². The standard InChI is InChI=1S/C18H30N4O2/c1-24-17-14-15(7-8-16(17)19)20-9-3-2-6-18(23)21-10-13-22-11-4-5-12-22/h7-8,14,20H,2-6,9-13,19H2,1H3,(H,21,23). The molecule has 24 heavy (non-hydrogen) atoms. The Hall–Kier alpha value is -1.95. The Balaban J connectivity index is 1.52. The lowest BCUT2D eigenvalue weighted by Crippen LogP contribution is -2.33. The van der Waals surface area contributed by atoms with Crippen LogP contribution in [0.15, 0.2) is 18.2 Å². The minimum absolute atomic E-state index is 0.156. The number of nitrogens with one attached hydrogen (secondary N) is 2. The van der Waals surface area contributed by atoms with Crippen molar-refractivity contribution >= 4 is 17.3 Å². The van der Waals surface area contributed by atoms with E-state index < -0.39 is 0 Å². The summed E-state index contributed by atoms with van der Waals surface area (Å²) >= 11 is 0. The van der Waals surface area contributed by atoms with E-state index in [9.17, 15) is 4.79 Å². The van der Waals surface area contributed by atoms with Crippen molar-refractivity contribution in [1.29, 1.82) is 0 Å². The van der Waals surface area contributed by atoms with Gasteiger partial charge in [0.05, 0.1) is 12.8 Å². The fourth-order valence-corrected chi connectivity index (χ4v) is 2.91. The number of methoxy groups -OCH3 is 1. The number of rotatable bonds is 10. The Morgan fingerprint density at radius 1 is 1.25 bits per heavy atom. The Morgan fingerprint density at radius 3 is 2.79 bits per heavy atom. The van der Waals surface area contributed by atoms with Gasteiger partial charge in [0.1, 0.15) is 5.75 Å². The van der Waals surface area contributed by atoms with E-state index in [-0.39, 0.29) is 5.91 Å². The van der Waals surface area contributed by atoms with Crippen LogP contribution in [0.3, 0.4) is 0 Å². The molecule has 0 saturated carbocycles. The van der Waals surface area contributed by atoms with Gasteiger partial charge in [-0.05, 0) is 50.9 Å². The van der Waals surface area contributed by atoms with E-state index in [1.807, 2.05) is 18.2 Å². The fourth-order valence-electron chi connectivity index (χ4n) is 2.91. The summed E-state index contributed by atoms with van der Waals surface area (Å²) in [5.74, 6) is 0.834. The molecule has 1 aromatic carbocycles. The first kappa shape index (κ1) is 18.4. The number of amides is 1. The summed E-state index contributed by atoms with van der Waals surface area (Å²) in [6.45, 7) is 4.93. The molecule has 0 unspecified atom stereocenters. The minimum atomic E-state index is 0.156. The van der Waals surface area contributed by atoms with Crippen LogP contribution in [0.4, 0.5) is 11.4 Å². The largest absolute Gasteiger partial charge is 0.495 e. The number of anilines is 2. The van der Waals surface area contributed by atoms with Gasteiger partial charge in [-0.15, -0.1) is 0 Å². The molecule has 6 heteroatoms. The summed E-state index contributed by atoms with van der Waals surface area (Å²) in [7, 11) is 1.61. The normalized spacial score (nSPS) is 14.5. The monoisotopic (exact) mass is 334 g/mol. The molecule has 0 bridgehead atoms. The van der Waals surface area contributed by atoms with Gasteiger partial charge in [0.2, 0.25) is 5.91 Å². The number of nitrogens with zero attached hydrogens (tertiary/aromatic N) is 1. The van der Waals surface area contributed by atoms with Crippen LogP contribution in [0.25, 0.3) is 0 Å². The first-order valence-electron chi connectivity index (χ1n) is 8.85. The maximum absolute atomic E-state index is 11.8. The van der Waals surface area contributed by atoms with E-state index in [0.29, 0.717) is 17.9 Å². The zero-order valence-electron chi connectivity index (χ0n) is 14.6. The number of likely N-dealkylation sites (tertiary alicyclic amines) is 1. The van der Waals surface area contributed by atoms with Gasteiger partial charge in [0.25, 0.3) is 0 Å². The molecular formula is C18H30N4O2. The fraction of sp³-hybridized carbons (Fsp3) is 0.611. The Bertz CT molecular complexity index is 516. The zero-order valence-corrected chi connectivity index (χ0v) is 14.6. The lowest BCUT2D eigenvalue weighted by Gasteiger charge is -2.14. The van der Waals surface area contributed by atoms with Crippen molar-refractivity contribution in [3.05, 3.63) is 18.2 Å². The molecule has 2 rings (SSSR count). The second kappa shape index (κ2) is 10.0. The molecule has 134 valence electrons. The molecule has 0 atom stereocenters. The summed E-state index contributed by atoms with van der Waals surface area (Å²) < 4.78 is 5.20. The molecule has 1 aliphatic heterocycles. The maximum atomic E-state index is 11.8. The van der Waals surface area contributed by atoms with Crippen molar-refractivity contribution < 1.29 is 9.53 Å². The Labute approximate surface area is 144 Å². The third-order valence-electron chi connectivity index (χ3n) is 4.34. The van der Waals surface area contributed by atoms with Gasteiger partial charge >= 0.3 is 0 Å². The molecule has 1 aliphatic rings. The van der Waals surface area contributed by atoms with Crippen LogP contribution in [-0.2, 0) is 4.79 Å². The van der Waals surface area contributed by atoms with Crippen molar-refractivity contribution in [2.45, 2.75) is 32.1 Å². The number of nitrogens with two attached hydrogens (primary N) is 1. The summed E-state index contributed by atoms with van der Waals surface area (Å²) in [5, 5.41) is 6.33. The van der Waals surface area contributed by atoms with Gasteiger partial charge in [0, 0.05) is 37.8 Å². The molecule has 1 heterocycles. The first-order valence-corrected chi connectivity index (χ1v) is 8.85. The lowest BCUT2D eigenvalue weighted by atomic mass is 10.2. The van der Waals surface area contributed by atoms with Gasteiger partial charge < -0.3 is 26.0 Å². The number of nitrogen functional groups attached to an aromatic ring is 1. The third kappa shape index (κ3) is 6.28. The van der Waals surface area contributed by atoms with Crippen molar-refractivity contribution in [3.8, 4) is 5.75 Å². The second-order valence-electron chi connectivity index (χ2n) is 6.24. The number of benzene rings is 1. The van der Waals surface area contributed by atoms with Crippen LogP contribution in [0.1, 0.15) is 32.1 Å². The van der Waals surface area contributed by atoms with Crippen LogP contribution in [0.2, 0.25) is 0 Å². The summed E-state index contributed by atoms with van der Waals surface area (Å²) in [5.41, 5.74) is 7.40. The number of ether oxygens (including phenoxy) is 1. The number of unbranched alkanes of at least 4 members (excludes halogenated alkanes) is 1. The highest BCUT2D eigenvalue weighted by Crippen LogP contribution is 2.24. The van der Waals surface area contributed by atoms with E-state index in [4.69, 9.17) is 10.5 Å². The number of hydrogen-bond acceptors (Lipinski definition) is 5. The van der Waals surface area contributed by atoms with Crippen LogP contribution in [0, 0.1) is 0 Å². The first-order chi connectivity index (χ1) is 11.7. The minimum Gasteiger partial charge on any atom is -0.495 e. The molecule has 6 nitrogen and oxygen atoms in total. The van der Waals surface area contributed by atoms with E-state index >= 15 is 0 Å². The highest BCUT2D eigenvalue weighted by atomic mass is 16.5. The van der Waals surface area contributed by atoms with Gasteiger partial charge in [-0.1, -0.05) is 0 Å². The predicted octanol–water partition coefficient (Wildman–Crippen LogP) is 2.07. The van der Waals surface area contributed by atoms with Gasteiger partial charge in [0.15, 0.2) is 0 Å². The van der Waals surface area contributed by atoms with E-state index in [2.05, 4.69) is 15.5 Å². The molecule has 0 aromatic heterocycles. The average molecular weight is 334 g/mol. The molecule has 4 N–H and O–H groups in total. The highest BCUT2D eigenvalue weighted by Gasteiger charge is 2.10. The maximum Gasteiger partial charge on any atom is 0.220 e. The second-order valence-corrected chi connectivity index (χ2v) is 6.24. The molecule has 1 fully saturated rings. The zero-order chi connectivity index (χ0) is 17.2. The third-order valence-corrected chi connectivity index (χ3v) is 4.34. The molecule has 0 spiro atoms. The van der Waals surface area contributed by atoms with Gasteiger partial charge in [-0.2, -0.15) is 0 Å². The summed E-state index contributed by atoms with van der Waals surface area (Å²) in [6.07, 6.45) is 5.01. The quantitative estimate of drug-likeness (QED) is 0.451. The Kier molecular flexibility index (Phi) is 7.68. The number of hydrogen-bond donors (Lipinski definition) is 3. The van der Waals surface area contributed by atoms with Crippen LogP contribution in [-0.4, -0.2) is 50.6 Å². The average Bonchev–Trinajstić information content (AvgIpc) is 3.09. The Morgan fingerprint density at radius 2 is 2.04 bits per heavy atom. The predicted molar refractivity (Wildman–Crippen MR) is 98.4 cm³/mol. The van der Waals surface area contributed by atoms with E-state index in [0.717, 1.165) is 38.2 Å². The van der Waals surface area contributed by atoms with Crippen molar-refractivity contribution in [1.82, 2.24) is 10.2 Å². The topological polar surface area (TPSA) is 79.6 Å². The summed E-state index contributed by atoms with van der Waals surface area (Å²) in [4.78, 5) is 14.2. The van der Waals surface area contributed by atoms with E-state index in [1.165, 1.54) is 25.9 Å². The molecule has 1 saturated heterocycles. The van der Waals surface area contributed by atoms with Crippen LogP contribution in [0.5, 0.6) is 5.75 Å². The summed E-state index contributed by atoms with van der Waals surface area (Å²) in [6, 6.07) is 5.65. The number of carbonyl (C=O) groups excluding carboxylic acids is 1. The van der Waals surface area contributed by atoms with Crippen molar-refractivity contribution in [2.24, 2.45) is 0 Å². The van der Waals surface area contributed by atoms with Crippen molar-refractivity contribution in [3.63, 3.8) is 0 Å². The molecule has 0 radical (unpaired) electrons.